The largest absolute Gasteiger partial charge is 0.467 e. The van der Waals surface area contributed by atoms with Crippen LogP contribution in [0, 0.1) is 0 Å². The molecule has 0 aromatic rings. The highest BCUT2D eigenvalue weighted by molar-refractivity contribution is 5.99. The van der Waals surface area contributed by atoms with Crippen molar-refractivity contribution in [3.63, 3.8) is 0 Å². The van der Waals surface area contributed by atoms with Gasteiger partial charge in [-0.2, -0.15) is 0 Å². The molecule has 4 nitrogen and oxygen atoms in total. The monoisotopic (exact) mass is 374 g/mol. The van der Waals surface area contributed by atoms with E-state index >= 15 is 0 Å². The number of unbranched alkanes of at least 4 members (excludes halogenated alkanes) is 4. The molecule has 0 aromatic carbocycles. The van der Waals surface area contributed by atoms with E-state index in [0.29, 0.717) is 12.8 Å². The zero-order valence-electron chi connectivity index (χ0n) is 17.3. The van der Waals surface area contributed by atoms with Crippen LogP contribution in [0.3, 0.4) is 0 Å². The van der Waals surface area contributed by atoms with Crippen LogP contribution in [0.4, 0.5) is 0 Å². The summed E-state index contributed by atoms with van der Waals surface area (Å²) >= 11 is 0. The highest BCUT2D eigenvalue weighted by Gasteiger charge is 2.21. The number of aliphatic hydroxyl groups excluding tert-OH is 1. The molecule has 0 saturated carbocycles. The van der Waals surface area contributed by atoms with Crippen LogP contribution in [0.1, 0.15) is 78.6 Å². The standard InChI is InChI=1S/C23H34O4/c1-5-6-7-8-9-10-11-19-12-13-21(24)20(19)15-17(2)14-18(3)16-22(25)23(26)27-4/h10-11,22,25H,5-9,12-13,15-16H2,1-4H3. The molecule has 1 aliphatic rings. The molecule has 1 rings (SSSR count). The highest BCUT2D eigenvalue weighted by atomic mass is 16.5. The maximum atomic E-state index is 12.2. The Morgan fingerprint density at radius 2 is 1.96 bits per heavy atom. The Kier molecular flexibility index (Phi) is 10.7. The van der Waals surface area contributed by atoms with E-state index in [-0.39, 0.29) is 12.2 Å². The van der Waals surface area contributed by atoms with Gasteiger partial charge in [0.2, 0.25) is 0 Å². The summed E-state index contributed by atoms with van der Waals surface area (Å²) in [5.74, 6) is -0.428. The van der Waals surface area contributed by atoms with Gasteiger partial charge in [0.25, 0.3) is 0 Å². The quantitative estimate of drug-likeness (QED) is 0.315. The minimum absolute atomic E-state index is 0.182. The van der Waals surface area contributed by atoms with E-state index in [0.717, 1.165) is 35.1 Å². The number of allylic oxidation sites excluding steroid dienone is 4. The number of ketones is 1. The molecular formula is C23H34O4. The Balaban J connectivity index is 2.76. The second-order valence-corrected chi connectivity index (χ2v) is 7.28. The van der Waals surface area contributed by atoms with E-state index in [1.54, 1.807) is 0 Å². The average Bonchev–Trinajstić information content (AvgIpc) is 2.96. The van der Waals surface area contributed by atoms with Crippen molar-refractivity contribution in [2.75, 3.05) is 7.11 Å². The van der Waals surface area contributed by atoms with Gasteiger partial charge in [-0.1, -0.05) is 38.3 Å². The van der Waals surface area contributed by atoms with Crippen molar-refractivity contribution >= 4 is 11.8 Å². The summed E-state index contributed by atoms with van der Waals surface area (Å²) in [6.45, 7) is 5.95. The molecule has 0 radical (unpaired) electrons. The first kappa shape index (κ1) is 23.1. The second kappa shape index (κ2) is 12.5. The molecule has 0 fully saturated rings. The molecule has 1 atom stereocenters. The Bertz CT molecular complexity index is 645. The molecule has 27 heavy (non-hydrogen) atoms. The van der Waals surface area contributed by atoms with Gasteiger partial charge in [0.15, 0.2) is 11.9 Å². The molecule has 0 saturated heterocycles. The lowest BCUT2D eigenvalue weighted by atomic mass is 10.0. The maximum absolute atomic E-state index is 12.2. The topological polar surface area (TPSA) is 63.6 Å². The number of hydrogen-bond donors (Lipinski definition) is 1. The normalized spacial score (nSPS) is 15.2. The zero-order chi connectivity index (χ0) is 20.2. The number of rotatable bonds is 11. The molecular weight excluding hydrogens is 340 g/mol. The fraction of sp³-hybridized carbons (Fsp3) is 0.609. The van der Waals surface area contributed by atoms with Crippen molar-refractivity contribution in [3.8, 4) is 0 Å². The van der Waals surface area contributed by atoms with Crippen LogP contribution in [0.5, 0.6) is 0 Å². The molecule has 4 heteroatoms. The van der Waals surface area contributed by atoms with Crippen molar-refractivity contribution in [2.24, 2.45) is 0 Å². The average molecular weight is 375 g/mol. The van der Waals surface area contributed by atoms with E-state index in [1.165, 1.54) is 32.8 Å². The van der Waals surface area contributed by atoms with E-state index in [2.05, 4.69) is 29.5 Å². The van der Waals surface area contributed by atoms with Gasteiger partial charge >= 0.3 is 5.97 Å². The van der Waals surface area contributed by atoms with E-state index in [1.807, 2.05) is 13.8 Å². The summed E-state index contributed by atoms with van der Waals surface area (Å²) in [5, 5.41) is 9.73. The van der Waals surface area contributed by atoms with Crippen LogP contribution in [-0.2, 0) is 14.3 Å². The highest BCUT2D eigenvalue weighted by Crippen LogP contribution is 2.29. The number of hydrogen-bond acceptors (Lipinski definition) is 4. The minimum atomic E-state index is -1.17. The fourth-order valence-corrected chi connectivity index (χ4v) is 3.27. The van der Waals surface area contributed by atoms with Gasteiger partial charge in [-0.25, -0.2) is 4.79 Å². The lowest BCUT2D eigenvalue weighted by molar-refractivity contribution is -0.150. The SMILES string of the molecule is CCCCCCC=CC1=C(CC(C)=C=C(C)CC(O)C(=O)OC)C(=O)CC1. The summed E-state index contributed by atoms with van der Waals surface area (Å²) in [6.07, 6.45) is 11.3. The van der Waals surface area contributed by atoms with E-state index in [9.17, 15) is 14.7 Å². The molecule has 0 bridgehead atoms. The summed E-state index contributed by atoms with van der Waals surface area (Å²) in [5.41, 5.74) is 6.93. The summed E-state index contributed by atoms with van der Waals surface area (Å²) < 4.78 is 4.53. The Morgan fingerprint density at radius 3 is 2.63 bits per heavy atom. The van der Waals surface area contributed by atoms with E-state index < -0.39 is 12.1 Å². The Labute approximate surface area is 163 Å². The third-order valence-corrected chi connectivity index (χ3v) is 4.73. The summed E-state index contributed by atoms with van der Waals surface area (Å²) in [7, 11) is 1.25. The molecule has 1 aliphatic carbocycles. The number of esters is 1. The van der Waals surface area contributed by atoms with Gasteiger partial charge in [0, 0.05) is 24.8 Å². The Hall–Kier alpha value is -1.90. The first-order valence-electron chi connectivity index (χ1n) is 9.98. The first-order chi connectivity index (χ1) is 12.9. The smallest absolute Gasteiger partial charge is 0.335 e. The number of carbonyl (C=O) groups excluding carboxylic acids is 2. The molecule has 150 valence electrons. The van der Waals surface area contributed by atoms with Crippen LogP contribution in [-0.4, -0.2) is 30.1 Å². The van der Waals surface area contributed by atoms with Gasteiger partial charge in [0.05, 0.1) is 7.11 Å². The van der Waals surface area contributed by atoms with Crippen molar-refractivity contribution < 1.29 is 19.4 Å². The number of methoxy groups -OCH3 is 1. The molecule has 0 aliphatic heterocycles. The molecule has 1 unspecified atom stereocenters. The van der Waals surface area contributed by atoms with Gasteiger partial charge in [-0.05, 0) is 49.8 Å². The van der Waals surface area contributed by atoms with Crippen LogP contribution < -0.4 is 0 Å². The summed E-state index contributed by atoms with van der Waals surface area (Å²) in [6, 6.07) is 0. The number of Topliss-reactive ketones (excluding diaryl/α,β-unsaturated/α-hetero) is 1. The fourth-order valence-electron chi connectivity index (χ4n) is 3.27. The second-order valence-electron chi connectivity index (χ2n) is 7.28. The molecule has 0 aromatic heterocycles. The van der Waals surface area contributed by atoms with Gasteiger partial charge in [-0.3, -0.25) is 4.79 Å². The van der Waals surface area contributed by atoms with Crippen LogP contribution >= 0.6 is 0 Å². The number of carbonyl (C=O) groups is 2. The predicted molar refractivity (Wildman–Crippen MR) is 108 cm³/mol. The molecule has 0 spiro atoms. The van der Waals surface area contributed by atoms with Crippen molar-refractivity contribution in [2.45, 2.75) is 84.7 Å². The van der Waals surface area contributed by atoms with Gasteiger partial charge in [-0.15, -0.1) is 5.73 Å². The number of aliphatic hydroxyl groups is 1. The molecule has 0 amide bonds. The van der Waals surface area contributed by atoms with Gasteiger partial charge < -0.3 is 9.84 Å². The first-order valence-corrected chi connectivity index (χ1v) is 9.98. The minimum Gasteiger partial charge on any atom is -0.467 e. The third kappa shape index (κ3) is 8.55. The Morgan fingerprint density at radius 1 is 1.22 bits per heavy atom. The number of ether oxygens (including phenoxy) is 1. The lowest BCUT2D eigenvalue weighted by Crippen LogP contribution is -2.21. The molecule has 0 heterocycles. The van der Waals surface area contributed by atoms with Crippen LogP contribution in [0.2, 0.25) is 0 Å². The summed E-state index contributed by atoms with van der Waals surface area (Å²) in [4.78, 5) is 23.5. The van der Waals surface area contributed by atoms with Gasteiger partial charge in [0.1, 0.15) is 0 Å². The predicted octanol–water partition coefficient (Wildman–Crippen LogP) is 4.98. The lowest BCUT2D eigenvalue weighted by Gasteiger charge is -2.07. The van der Waals surface area contributed by atoms with Crippen molar-refractivity contribution in [3.05, 3.63) is 40.2 Å². The molecule has 1 N–H and O–H groups in total. The van der Waals surface area contributed by atoms with E-state index in [4.69, 9.17) is 0 Å². The van der Waals surface area contributed by atoms with Crippen molar-refractivity contribution in [1.82, 2.24) is 0 Å². The van der Waals surface area contributed by atoms with Crippen LogP contribution in [0.15, 0.2) is 40.2 Å². The maximum Gasteiger partial charge on any atom is 0.335 e. The zero-order valence-corrected chi connectivity index (χ0v) is 17.3. The van der Waals surface area contributed by atoms with Crippen molar-refractivity contribution in [1.29, 1.82) is 0 Å². The van der Waals surface area contributed by atoms with Crippen LogP contribution in [0.25, 0.3) is 0 Å². The third-order valence-electron chi connectivity index (χ3n) is 4.73.